The Morgan fingerprint density at radius 1 is 0.562 bits per heavy atom. The lowest BCUT2D eigenvalue weighted by atomic mass is 9.95. The van der Waals surface area contributed by atoms with E-state index in [1.165, 1.54) is 22.3 Å². The average Bonchev–Trinajstić information content (AvgIpc) is 3.52. The third-order valence-corrected chi connectivity index (χ3v) is 8.84. The van der Waals surface area contributed by atoms with Crippen LogP contribution in [0, 0.1) is 6.92 Å². The Labute approximate surface area is 280 Å². The average molecular weight is 620 g/mol. The minimum atomic E-state index is 0.192. The summed E-state index contributed by atoms with van der Waals surface area (Å²) in [5.41, 5.74) is 13.5. The predicted molar refractivity (Wildman–Crippen MR) is 196 cm³/mol. The number of phenols is 1. The fraction of sp³-hybridized carbons (Fsp3) is 0.0455. The van der Waals surface area contributed by atoms with E-state index in [9.17, 15) is 5.11 Å². The van der Waals surface area contributed by atoms with E-state index >= 15 is 0 Å². The topological polar surface area (TPSA) is 50.9 Å². The van der Waals surface area contributed by atoms with Gasteiger partial charge < -0.3 is 5.11 Å². The van der Waals surface area contributed by atoms with Crippen LogP contribution in [0.2, 0.25) is 0 Å². The number of imidazole rings is 1. The minimum Gasteiger partial charge on any atom is -0.507 e. The van der Waals surface area contributed by atoms with Gasteiger partial charge in [-0.05, 0) is 95.8 Å². The van der Waals surface area contributed by atoms with E-state index in [1.807, 2.05) is 42.6 Å². The number of aromatic nitrogens is 3. The summed E-state index contributed by atoms with van der Waals surface area (Å²) in [5, 5.41) is 11.0. The molecule has 8 rings (SSSR count). The van der Waals surface area contributed by atoms with Gasteiger partial charge in [0.1, 0.15) is 11.6 Å². The summed E-state index contributed by atoms with van der Waals surface area (Å²) in [6, 6.07) is 54.1. The molecule has 0 aliphatic rings. The summed E-state index contributed by atoms with van der Waals surface area (Å²) in [4.78, 5) is 10.1. The number of rotatable bonds is 7. The Balaban J connectivity index is 1.34. The lowest BCUT2D eigenvalue weighted by Gasteiger charge is -2.13. The fourth-order valence-electron chi connectivity index (χ4n) is 6.43. The van der Waals surface area contributed by atoms with Crippen molar-refractivity contribution in [1.29, 1.82) is 0 Å². The highest BCUT2D eigenvalue weighted by Gasteiger charge is 2.21. The number of hydrogen-bond donors (Lipinski definition) is 1. The number of aryl methyl sites for hydroxylation is 1. The quantitative estimate of drug-likeness (QED) is 0.193. The van der Waals surface area contributed by atoms with Crippen LogP contribution in [0.15, 0.2) is 164 Å². The first-order valence-electron chi connectivity index (χ1n) is 16.2. The molecule has 0 amide bonds. The van der Waals surface area contributed by atoms with Crippen LogP contribution in [0.1, 0.15) is 16.7 Å². The highest BCUT2D eigenvalue weighted by molar-refractivity contribution is 5.97. The van der Waals surface area contributed by atoms with E-state index in [0.29, 0.717) is 11.4 Å². The van der Waals surface area contributed by atoms with E-state index in [2.05, 4.69) is 127 Å². The van der Waals surface area contributed by atoms with Gasteiger partial charge >= 0.3 is 0 Å². The van der Waals surface area contributed by atoms with Gasteiger partial charge in [-0.15, -0.1) is 0 Å². The van der Waals surface area contributed by atoms with Crippen molar-refractivity contribution < 1.29 is 5.11 Å². The molecule has 0 radical (unpaired) electrons. The molecule has 0 saturated heterocycles. The highest BCUT2D eigenvalue weighted by Crippen LogP contribution is 2.39. The largest absolute Gasteiger partial charge is 0.507 e. The first-order valence-corrected chi connectivity index (χ1v) is 16.2. The van der Waals surface area contributed by atoms with Crippen molar-refractivity contribution in [2.24, 2.45) is 0 Å². The molecule has 0 aliphatic carbocycles. The monoisotopic (exact) mass is 619 g/mol. The first kappa shape index (κ1) is 29.2. The van der Waals surface area contributed by atoms with Crippen molar-refractivity contribution in [3.05, 3.63) is 181 Å². The van der Waals surface area contributed by atoms with Gasteiger partial charge in [0.15, 0.2) is 0 Å². The lowest BCUT2D eigenvalue weighted by Crippen LogP contribution is -1.98. The Hall–Kier alpha value is -6.26. The third kappa shape index (κ3) is 5.65. The zero-order valence-electron chi connectivity index (χ0n) is 26.6. The number of hydrogen-bond acceptors (Lipinski definition) is 3. The van der Waals surface area contributed by atoms with Crippen LogP contribution in [-0.4, -0.2) is 19.6 Å². The number of benzene rings is 6. The standard InChI is InChI=1S/C44H33N3O/c1-30-19-21-33(22-20-30)34-23-24-45-40(29-34)36-14-10-13-35(28-36)39-26-32(25-31-11-4-2-5-12-31)27-41-43(39)46-44(38-17-8-9-18-42(38)48)47(41)37-15-6-3-7-16-37/h2-24,26-29,48H,25H2,1H3. The first-order chi connectivity index (χ1) is 23.6. The van der Waals surface area contributed by atoms with Gasteiger partial charge in [-0.1, -0.05) is 109 Å². The molecule has 2 heterocycles. The summed E-state index contributed by atoms with van der Waals surface area (Å²) >= 11 is 0. The number of aromatic hydroxyl groups is 1. The molecule has 48 heavy (non-hydrogen) atoms. The molecule has 0 spiro atoms. The van der Waals surface area contributed by atoms with Crippen LogP contribution in [-0.2, 0) is 6.42 Å². The number of phenolic OH excluding ortho intramolecular Hbond substituents is 1. The van der Waals surface area contributed by atoms with Crippen LogP contribution in [0.5, 0.6) is 5.75 Å². The van der Waals surface area contributed by atoms with Crippen molar-refractivity contribution in [3.63, 3.8) is 0 Å². The second kappa shape index (κ2) is 12.5. The maximum atomic E-state index is 11.0. The van der Waals surface area contributed by atoms with Gasteiger partial charge in [-0.25, -0.2) is 4.98 Å². The second-order valence-electron chi connectivity index (χ2n) is 12.2. The van der Waals surface area contributed by atoms with Crippen molar-refractivity contribution in [2.75, 3.05) is 0 Å². The van der Waals surface area contributed by atoms with E-state index in [0.717, 1.165) is 51.1 Å². The molecule has 0 aliphatic heterocycles. The summed E-state index contributed by atoms with van der Waals surface area (Å²) in [7, 11) is 0. The zero-order chi connectivity index (χ0) is 32.5. The molecule has 230 valence electrons. The molecule has 6 aromatic carbocycles. The smallest absolute Gasteiger partial charge is 0.149 e. The normalized spacial score (nSPS) is 11.2. The molecule has 1 N–H and O–H groups in total. The van der Waals surface area contributed by atoms with E-state index in [-0.39, 0.29) is 5.75 Å². The summed E-state index contributed by atoms with van der Waals surface area (Å²) in [5.74, 6) is 0.883. The van der Waals surface area contributed by atoms with Crippen LogP contribution < -0.4 is 0 Å². The molecule has 0 fully saturated rings. The highest BCUT2D eigenvalue weighted by atomic mass is 16.3. The Bertz CT molecular complexity index is 2380. The number of nitrogens with zero attached hydrogens (tertiary/aromatic N) is 3. The molecular weight excluding hydrogens is 587 g/mol. The van der Waals surface area contributed by atoms with Gasteiger partial charge in [-0.3, -0.25) is 9.55 Å². The van der Waals surface area contributed by atoms with Crippen molar-refractivity contribution >= 4 is 11.0 Å². The number of pyridine rings is 1. The van der Waals surface area contributed by atoms with Crippen molar-refractivity contribution in [1.82, 2.24) is 14.5 Å². The molecule has 0 unspecified atom stereocenters. The summed E-state index contributed by atoms with van der Waals surface area (Å²) < 4.78 is 2.17. The van der Waals surface area contributed by atoms with Gasteiger partial charge in [0.2, 0.25) is 0 Å². The maximum absolute atomic E-state index is 11.0. The Morgan fingerprint density at radius 3 is 2.08 bits per heavy atom. The molecular formula is C44H33N3O. The van der Waals surface area contributed by atoms with Crippen LogP contribution in [0.25, 0.3) is 61.6 Å². The van der Waals surface area contributed by atoms with Crippen LogP contribution in [0.4, 0.5) is 0 Å². The number of fused-ring (bicyclic) bond motifs is 1. The molecule has 4 nitrogen and oxygen atoms in total. The summed E-state index contributed by atoms with van der Waals surface area (Å²) in [6.07, 6.45) is 2.66. The molecule has 0 saturated carbocycles. The molecule has 0 bridgehead atoms. The molecule has 2 aromatic heterocycles. The van der Waals surface area contributed by atoms with Crippen LogP contribution in [0.3, 0.4) is 0 Å². The lowest BCUT2D eigenvalue weighted by molar-refractivity contribution is 0.477. The predicted octanol–water partition coefficient (Wildman–Crippen LogP) is 10.7. The van der Waals surface area contributed by atoms with Gasteiger partial charge in [0.25, 0.3) is 0 Å². The second-order valence-corrected chi connectivity index (χ2v) is 12.2. The van der Waals surface area contributed by atoms with E-state index in [1.54, 1.807) is 6.07 Å². The van der Waals surface area contributed by atoms with Crippen molar-refractivity contribution in [3.8, 4) is 56.3 Å². The maximum Gasteiger partial charge on any atom is 0.149 e. The van der Waals surface area contributed by atoms with E-state index < -0.39 is 0 Å². The van der Waals surface area contributed by atoms with Crippen molar-refractivity contribution in [2.45, 2.75) is 13.3 Å². The van der Waals surface area contributed by atoms with Gasteiger partial charge in [-0.2, -0.15) is 0 Å². The molecule has 4 heteroatoms. The van der Waals surface area contributed by atoms with Gasteiger partial charge in [0.05, 0.1) is 22.3 Å². The molecule has 0 atom stereocenters. The fourth-order valence-corrected chi connectivity index (χ4v) is 6.43. The Kier molecular flexibility index (Phi) is 7.60. The Morgan fingerprint density at radius 2 is 1.29 bits per heavy atom. The summed E-state index contributed by atoms with van der Waals surface area (Å²) in [6.45, 7) is 2.10. The molecule has 8 aromatic rings. The van der Waals surface area contributed by atoms with E-state index in [4.69, 9.17) is 9.97 Å². The van der Waals surface area contributed by atoms with Gasteiger partial charge in [0, 0.05) is 23.0 Å². The zero-order valence-corrected chi connectivity index (χ0v) is 26.6. The third-order valence-electron chi connectivity index (χ3n) is 8.84. The number of para-hydroxylation sites is 2. The minimum absolute atomic E-state index is 0.192. The SMILES string of the molecule is Cc1ccc(-c2ccnc(-c3cccc(-c4cc(Cc5ccccc5)cc5c4nc(-c4ccccc4O)n5-c4ccccc4)c3)c2)cc1. The van der Waals surface area contributed by atoms with Crippen LogP contribution >= 0.6 is 0 Å².